The fourth-order valence-electron chi connectivity index (χ4n) is 4.52. The molecule has 0 saturated carbocycles. The number of thioether (sulfide) groups is 1. The average Bonchev–Trinajstić information content (AvgIpc) is 3.40. The van der Waals surface area contributed by atoms with Crippen LogP contribution in [-0.2, 0) is 15.6 Å². The highest BCUT2D eigenvalue weighted by atomic mass is 32.2. The van der Waals surface area contributed by atoms with E-state index in [9.17, 15) is 13.2 Å². The Kier molecular flexibility index (Phi) is 5.96. The predicted molar refractivity (Wildman–Crippen MR) is 127 cm³/mol. The Morgan fingerprint density at radius 3 is 2.56 bits per heavy atom. The molecular formula is C23H26N4O3S2. The van der Waals surface area contributed by atoms with E-state index >= 15 is 0 Å². The van der Waals surface area contributed by atoms with Gasteiger partial charge in [-0.2, -0.15) is 0 Å². The maximum atomic E-state index is 13.3. The molecule has 1 amide bonds. The molecule has 0 aliphatic carbocycles. The van der Waals surface area contributed by atoms with Crippen LogP contribution in [0.1, 0.15) is 22.3 Å². The topological polar surface area (TPSA) is 86.4 Å². The minimum absolute atomic E-state index is 0.0458. The first-order chi connectivity index (χ1) is 15.5. The molecule has 1 atom stereocenters. The lowest BCUT2D eigenvalue weighted by Crippen LogP contribution is -2.52. The molecule has 9 heteroatoms. The molecule has 0 radical (unpaired) electrons. The van der Waals surface area contributed by atoms with Gasteiger partial charge in [0, 0.05) is 43.5 Å². The first kappa shape index (κ1) is 21.5. The number of para-hydroxylation sites is 2. The van der Waals surface area contributed by atoms with Crippen molar-refractivity contribution in [1.82, 2.24) is 19.8 Å². The number of benzene rings is 2. The summed E-state index contributed by atoms with van der Waals surface area (Å²) < 4.78 is 23.6. The summed E-state index contributed by atoms with van der Waals surface area (Å²) in [5.41, 5.74) is 3.67. The van der Waals surface area contributed by atoms with Gasteiger partial charge in [0.25, 0.3) is 5.91 Å². The lowest BCUT2D eigenvalue weighted by Gasteiger charge is -2.37. The van der Waals surface area contributed by atoms with Gasteiger partial charge in [-0.3, -0.25) is 9.69 Å². The Labute approximate surface area is 192 Å². The van der Waals surface area contributed by atoms with Crippen LogP contribution in [0.4, 0.5) is 0 Å². The van der Waals surface area contributed by atoms with E-state index in [4.69, 9.17) is 0 Å². The molecule has 7 nitrogen and oxygen atoms in total. The Morgan fingerprint density at radius 1 is 1.06 bits per heavy atom. The van der Waals surface area contributed by atoms with E-state index in [1.807, 2.05) is 53.4 Å². The molecule has 1 unspecified atom stereocenters. The van der Waals surface area contributed by atoms with Crippen molar-refractivity contribution in [3.05, 3.63) is 59.7 Å². The van der Waals surface area contributed by atoms with Crippen molar-refractivity contribution in [3.8, 4) is 0 Å². The van der Waals surface area contributed by atoms with Crippen LogP contribution in [0.3, 0.4) is 0 Å². The van der Waals surface area contributed by atoms with E-state index in [1.165, 1.54) is 0 Å². The number of piperazine rings is 1. The Balaban J connectivity index is 1.23. The van der Waals surface area contributed by atoms with Crippen LogP contribution >= 0.6 is 11.8 Å². The third-order valence-corrected chi connectivity index (χ3v) is 8.98. The summed E-state index contributed by atoms with van der Waals surface area (Å²) in [4.78, 5) is 25.3. The van der Waals surface area contributed by atoms with Crippen molar-refractivity contribution in [1.29, 1.82) is 0 Å². The summed E-state index contributed by atoms with van der Waals surface area (Å²) in [6.45, 7) is 2.70. The number of nitrogens with zero attached hydrogens (tertiary/aromatic N) is 3. The second-order valence-corrected chi connectivity index (χ2v) is 11.6. The van der Waals surface area contributed by atoms with Crippen LogP contribution in [0.25, 0.3) is 11.0 Å². The van der Waals surface area contributed by atoms with Gasteiger partial charge in [-0.25, -0.2) is 13.4 Å². The SMILES string of the molecule is O=C(c1ccccc1CSc1nc2ccccc2[nH]1)N1CCN(C2CCS(=O)(=O)C2)CC1. The Morgan fingerprint density at radius 2 is 1.81 bits per heavy atom. The first-order valence-corrected chi connectivity index (χ1v) is 13.7. The van der Waals surface area contributed by atoms with Crippen LogP contribution in [0.15, 0.2) is 53.7 Å². The van der Waals surface area contributed by atoms with Crippen LogP contribution in [0, 0.1) is 0 Å². The fraction of sp³-hybridized carbons (Fsp3) is 0.391. The number of sulfone groups is 1. The second kappa shape index (κ2) is 8.88. The lowest BCUT2D eigenvalue weighted by atomic mass is 10.1. The third kappa shape index (κ3) is 4.55. The van der Waals surface area contributed by atoms with Gasteiger partial charge in [-0.15, -0.1) is 0 Å². The van der Waals surface area contributed by atoms with E-state index in [2.05, 4.69) is 14.9 Å². The largest absolute Gasteiger partial charge is 0.336 e. The summed E-state index contributed by atoms with van der Waals surface area (Å²) in [5, 5.41) is 0.841. The number of fused-ring (bicyclic) bond motifs is 1. The highest BCUT2D eigenvalue weighted by Crippen LogP contribution is 2.26. The molecule has 1 N–H and O–H groups in total. The monoisotopic (exact) mass is 470 g/mol. The average molecular weight is 471 g/mol. The summed E-state index contributed by atoms with van der Waals surface area (Å²) in [7, 11) is -2.89. The number of hydrogen-bond acceptors (Lipinski definition) is 6. The zero-order valence-electron chi connectivity index (χ0n) is 17.7. The molecule has 2 saturated heterocycles. The van der Waals surface area contributed by atoms with Gasteiger partial charge in [0.15, 0.2) is 15.0 Å². The molecule has 2 aliphatic heterocycles. The van der Waals surface area contributed by atoms with Crippen LogP contribution in [0.5, 0.6) is 0 Å². The minimum atomic E-state index is -2.89. The fourth-order valence-corrected chi connectivity index (χ4v) is 7.17. The molecule has 1 aromatic heterocycles. The second-order valence-electron chi connectivity index (χ2n) is 8.39. The molecule has 2 fully saturated rings. The number of carbonyl (C=O) groups is 1. The number of nitrogens with one attached hydrogen (secondary N) is 1. The highest BCUT2D eigenvalue weighted by Gasteiger charge is 2.34. The molecule has 0 spiro atoms. The molecule has 32 heavy (non-hydrogen) atoms. The zero-order chi connectivity index (χ0) is 22.1. The van der Waals surface area contributed by atoms with Gasteiger partial charge in [0.2, 0.25) is 0 Å². The van der Waals surface area contributed by atoms with Gasteiger partial charge in [-0.05, 0) is 30.2 Å². The first-order valence-electron chi connectivity index (χ1n) is 10.9. The maximum Gasteiger partial charge on any atom is 0.254 e. The maximum absolute atomic E-state index is 13.3. The van der Waals surface area contributed by atoms with E-state index in [-0.39, 0.29) is 23.5 Å². The summed E-state index contributed by atoms with van der Waals surface area (Å²) >= 11 is 1.59. The standard InChI is InChI=1S/C23H26N4O3S2/c28-22(27-12-10-26(11-13-27)18-9-14-32(29,30)16-18)19-6-2-1-5-17(19)15-31-23-24-20-7-3-4-8-21(20)25-23/h1-8,18H,9-16H2,(H,24,25). The molecule has 3 aromatic rings. The number of amides is 1. The van der Waals surface area contributed by atoms with Crippen LogP contribution in [-0.4, -0.2) is 77.8 Å². The van der Waals surface area contributed by atoms with Crippen LogP contribution < -0.4 is 0 Å². The van der Waals surface area contributed by atoms with Crippen molar-refractivity contribution < 1.29 is 13.2 Å². The van der Waals surface area contributed by atoms with E-state index < -0.39 is 9.84 Å². The lowest BCUT2D eigenvalue weighted by molar-refractivity contribution is 0.0587. The molecule has 168 valence electrons. The van der Waals surface area contributed by atoms with E-state index in [0.29, 0.717) is 25.3 Å². The summed E-state index contributed by atoms with van der Waals surface area (Å²) in [6.07, 6.45) is 0.706. The van der Waals surface area contributed by atoms with Crippen molar-refractivity contribution >= 4 is 38.5 Å². The number of aromatic nitrogens is 2. The molecule has 2 aromatic carbocycles. The normalized spacial score (nSPS) is 21.2. The van der Waals surface area contributed by atoms with Gasteiger partial charge < -0.3 is 9.88 Å². The Bertz CT molecular complexity index is 1200. The minimum Gasteiger partial charge on any atom is -0.336 e. The molecular weight excluding hydrogens is 444 g/mol. The van der Waals surface area contributed by atoms with Crippen molar-refractivity contribution in [2.45, 2.75) is 23.4 Å². The van der Waals surface area contributed by atoms with Crippen LogP contribution in [0.2, 0.25) is 0 Å². The molecule has 0 bridgehead atoms. The van der Waals surface area contributed by atoms with Crippen molar-refractivity contribution in [3.63, 3.8) is 0 Å². The third-order valence-electron chi connectivity index (χ3n) is 6.31. The Hall–Kier alpha value is -2.36. The number of H-pyrrole nitrogens is 1. The predicted octanol–water partition coefficient (Wildman–Crippen LogP) is 2.80. The number of imidazole rings is 1. The number of carbonyl (C=O) groups excluding carboxylic acids is 1. The number of aromatic amines is 1. The molecule has 2 aliphatic rings. The van der Waals surface area contributed by atoms with Crippen molar-refractivity contribution in [2.75, 3.05) is 37.7 Å². The van der Waals surface area contributed by atoms with Gasteiger partial charge >= 0.3 is 0 Å². The van der Waals surface area contributed by atoms with Crippen molar-refractivity contribution in [2.24, 2.45) is 0 Å². The molecule has 3 heterocycles. The highest BCUT2D eigenvalue weighted by molar-refractivity contribution is 7.98. The summed E-state index contributed by atoms with van der Waals surface area (Å²) in [5.74, 6) is 1.24. The zero-order valence-corrected chi connectivity index (χ0v) is 19.4. The quantitative estimate of drug-likeness (QED) is 0.577. The van der Waals surface area contributed by atoms with Gasteiger partial charge in [0.05, 0.1) is 22.5 Å². The number of hydrogen-bond donors (Lipinski definition) is 1. The summed E-state index contributed by atoms with van der Waals surface area (Å²) in [6, 6.07) is 15.8. The van der Waals surface area contributed by atoms with E-state index in [0.717, 1.165) is 40.4 Å². The van der Waals surface area contributed by atoms with Gasteiger partial charge in [0.1, 0.15) is 0 Å². The van der Waals surface area contributed by atoms with Gasteiger partial charge in [-0.1, -0.05) is 42.1 Å². The van der Waals surface area contributed by atoms with E-state index in [1.54, 1.807) is 11.8 Å². The smallest absolute Gasteiger partial charge is 0.254 e. The molecule has 5 rings (SSSR count). The number of rotatable bonds is 5.